The number of esters is 1. The molecule has 1 fully saturated rings. The van der Waals surface area contributed by atoms with Gasteiger partial charge in [0.05, 0.1) is 18.2 Å². The van der Waals surface area contributed by atoms with Gasteiger partial charge in [-0.3, -0.25) is 0 Å². The minimum atomic E-state index is -5.32. The highest BCUT2D eigenvalue weighted by Crippen LogP contribution is 2.30. The molecule has 1 saturated heterocycles. The third kappa shape index (κ3) is 3.87. The Kier molecular flexibility index (Phi) is 5.44. The molecule has 152 valence electrons. The van der Waals surface area contributed by atoms with Gasteiger partial charge in [0, 0.05) is 24.5 Å². The molecule has 0 saturated carbocycles. The number of methoxy groups -OCH3 is 1. The fourth-order valence-electron chi connectivity index (χ4n) is 3.00. The summed E-state index contributed by atoms with van der Waals surface area (Å²) >= 11 is 0. The Morgan fingerprint density at radius 1 is 1.25 bits per heavy atom. The monoisotopic (exact) mass is 418 g/mol. The van der Waals surface area contributed by atoms with Gasteiger partial charge in [0.1, 0.15) is 12.1 Å². The van der Waals surface area contributed by atoms with E-state index in [2.05, 4.69) is 15.3 Å². The smallest absolute Gasteiger partial charge is 0.465 e. The predicted molar refractivity (Wildman–Crippen MR) is 94.1 cm³/mol. The molecule has 12 heteroatoms. The SMILES string of the molecule is COC(=O)c1ccc2ncnc(NC3CCN(S(=O)(=O)C(F)(F)F)CC3)c2c1. The van der Waals surface area contributed by atoms with E-state index in [4.69, 9.17) is 4.74 Å². The molecule has 2 heterocycles. The predicted octanol–water partition coefficient (Wildman–Crippen LogP) is 2.14. The fourth-order valence-corrected chi connectivity index (χ4v) is 3.98. The van der Waals surface area contributed by atoms with Crippen LogP contribution in [-0.2, 0) is 14.8 Å². The number of fused-ring (bicyclic) bond motifs is 1. The maximum absolute atomic E-state index is 12.7. The number of piperidine rings is 1. The minimum Gasteiger partial charge on any atom is -0.465 e. The zero-order chi connectivity index (χ0) is 20.5. The number of ether oxygens (including phenoxy) is 1. The lowest BCUT2D eigenvalue weighted by molar-refractivity contribution is -0.0494. The molecule has 0 bridgehead atoms. The number of hydrogen-bond donors (Lipinski definition) is 1. The average molecular weight is 418 g/mol. The van der Waals surface area contributed by atoms with Crippen molar-refractivity contribution in [1.82, 2.24) is 14.3 Å². The fraction of sp³-hybridized carbons (Fsp3) is 0.438. The van der Waals surface area contributed by atoms with Crippen molar-refractivity contribution < 1.29 is 31.1 Å². The van der Waals surface area contributed by atoms with Gasteiger partial charge in [-0.15, -0.1) is 0 Å². The summed E-state index contributed by atoms with van der Waals surface area (Å²) in [6, 6.07) is 4.48. The van der Waals surface area contributed by atoms with E-state index in [0.717, 1.165) is 0 Å². The standard InChI is InChI=1S/C16H17F3N4O4S/c1-27-15(24)10-2-3-13-12(8-10)14(21-9-20-13)22-11-4-6-23(7-5-11)28(25,26)16(17,18)19/h2-3,8-9,11H,4-7H2,1H3,(H,20,21,22). The van der Waals surface area contributed by atoms with Crippen molar-refractivity contribution >= 4 is 32.7 Å². The summed E-state index contributed by atoms with van der Waals surface area (Å²) in [6.07, 6.45) is 1.68. The van der Waals surface area contributed by atoms with Crippen LogP contribution in [0.1, 0.15) is 23.2 Å². The second kappa shape index (κ2) is 7.51. The highest BCUT2D eigenvalue weighted by atomic mass is 32.2. The van der Waals surface area contributed by atoms with Crippen molar-refractivity contribution in [2.75, 3.05) is 25.5 Å². The van der Waals surface area contributed by atoms with Crippen molar-refractivity contribution in [2.24, 2.45) is 0 Å². The largest absolute Gasteiger partial charge is 0.511 e. The number of anilines is 1. The summed E-state index contributed by atoms with van der Waals surface area (Å²) in [5.74, 6) is -0.116. The zero-order valence-corrected chi connectivity index (χ0v) is 15.5. The van der Waals surface area contributed by atoms with Gasteiger partial charge in [-0.05, 0) is 31.0 Å². The second-order valence-corrected chi connectivity index (χ2v) is 8.14. The van der Waals surface area contributed by atoms with Gasteiger partial charge in [0.15, 0.2) is 0 Å². The van der Waals surface area contributed by atoms with Gasteiger partial charge in [0.2, 0.25) is 0 Å². The van der Waals surface area contributed by atoms with E-state index < -0.39 is 21.5 Å². The summed E-state index contributed by atoms with van der Waals surface area (Å²) in [7, 11) is -4.06. The first-order chi connectivity index (χ1) is 13.1. The summed E-state index contributed by atoms with van der Waals surface area (Å²) < 4.78 is 66.1. The van der Waals surface area contributed by atoms with Gasteiger partial charge in [-0.2, -0.15) is 17.5 Å². The van der Waals surface area contributed by atoms with Crippen LogP contribution >= 0.6 is 0 Å². The van der Waals surface area contributed by atoms with E-state index in [9.17, 15) is 26.4 Å². The van der Waals surface area contributed by atoms with Crippen LogP contribution in [0.3, 0.4) is 0 Å². The van der Waals surface area contributed by atoms with Crippen molar-refractivity contribution in [1.29, 1.82) is 0 Å². The third-order valence-corrected chi connectivity index (χ3v) is 6.11. The number of aromatic nitrogens is 2. The topological polar surface area (TPSA) is 101 Å². The second-order valence-electron chi connectivity index (χ2n) is 6.21. The van der Waals surface area contributed by atoms with Crippen LogP contribution in [-0.4, -0.2) is 60.4 Å². The van der Waals surface area contributed by atoms with Crippen LogP contribution < -0.4 is 5.32 Å². The number of alkyl halides is 3. The minimum absolute atomic E-state index is 0.178. The van der Waals surface area contributed by atoms with Gasteiger partial charge in [-0.25, -0.2) is 23.2 Å². The van der Waals surface area contributed by atoms with Crippen LogP contribution in [0.5, 0.6) is 0 Å². The maximum atomic E-state index is 12.7. The number of halogens is 3. The van der Waals surface area contributed by atoms with Crippen LogP contribution in [0.15, 0.2) is 24.5 Å². The lowest BCUT2D eigenvalue weighted by atomic mass is 10.1. The van der Waals surface area contributed by atoms with Crippen LogP contribution in [0.4, 0.5) is 19.0 Å². The van der Waals surface area contributed by atoms with E-state index in [1.807, 2.05) is 0 Å². The van der Waals surface area contributed by atoms with Gasteiger partial charge >= 0.3 is 21.5 Å². The Morgan fingerprint density at radius 2 is 1.93 bits per heavy atom. The molecule has 0 spiro atoms. The van der Waals surface area contributed by atoms with E-state index >= 15 is 0 Å². The molecule has 0 amide bonds. The van der Waals surface area contributed by atoms with E-state index in [1.165, 1.54) is 13.4 Å². The molecule has 1 N–H and O–H groups in total. The van der Waals surface area contributed by atoms with Crippen LogP contribution in [0.2, 0.25) is 0 Å². The maximum Gasteiger partial charge on any atom is 0.511 e. The highest BCUT2D eigenvalue weighted by molar-refractivity contribution is 7.90. The molecule has 2 aromatic rings. The van der Waals surface area contributed by atoms with Crippen LogP contribution in [0.25, 0.3) is 10.9 Å². The number of sulfonamides is 1. The molecule has 0 unspecified atom stereocenters. The molecule has 0 atom stereocenters. The van der Waals surface area contributed by atoms with Crippen molar-refractivity contribution in [3.8, 4) is 0 Å². The number of rotatable bonds is 4. The summed E-state index contributed by atoms with van der Waals surface area (Å²) in [6.45, 7) is -0.508. The molecule has 3 rings (SSSR count). The molecule has 1 aromatic carbocycles. The Hall–Kier alpha value is -2.47. The molecule has 1 aliphatic heterocycles. The molecular formula is C16H17F3N4O4S. The highest BCUT2D eigenvalue weighted by Gasteiger charge is 2.50. The van der Waals surface area contributed by atoms with Crippen molar-refractivity contribution in [3.05, 3.63) is 30.1 Å². The van der Waals surface area contributed by atoms with Gasteiger partial charge < -0.3 is 10.1 Å². The lowest BCUT2D eigenvalue weighted by Gasteiger charge is -2.32. The number of carbonyl (C=O) groups is 1. The first-order valence-electron chi connectivity index (χ1n) is 8.29. The Labute approximate surface area is 158 Å². The van der Waals surface area contributed by atoms with Gasteiger partial charge in [-0.1, -0.05) is 0 Å². The molecule has 28 heavy (non-hydrogen) atoms. The Balaban J connectivity index is 1.77. The Morgan fingerprint density at radius 3 is 2.54 bits per heavy atom. The summed E-state index contributed by atoms with van der Waals surface area (Å²) in [5, 5.41) is 3.66. The first kappa shape index (κ1) is 20.3. The van der Waals surface area contributed by atoms with E-state index in [-0.39, 0.29) is 32.0 Å². The first-order valence-corrected chi connectivity index (χ1v) is 9.73. The molecule has 0 aliphatic carbocycles. The quantitative estimate of drug-likeness (QED) is 0.759. The van der Waals surface area contributed by atoms with Crippen molar-refractivity contribution in [2.45, 2.75) is 24.4 Å². The van der Waals surface area contributed by atoms with Gasteiger partial charge in [0.25, 0.3) is 0 Å². The third-order valence-electron chi connectivity index (χ3n) is 4.48. The molecule has 0 radical (unpaired) electrons. The molecular weight excluding hydrogens is 401 g/mol. The summed E-state index contributed by atoms with van der Waals surface area (Å²) in [5.41, 5.74) is -4.43. The van der Waals surface area contributed by atoms with Crippen molar-refractivity contribution in [3.63, 3.8) is 0 Å². The number of carbonyl (C=O) groups excluding carboxylic acids is 1. The normalized spacial score (nSPS) is 16.9. The molecule has 1 aromatic heterocycles. The van der Waals surface area contributed by atoms with E-state index in [1.54, 1.807) is 18.2 Å². The zero-order valence-electron chi connectivity index (χ0n) is 14.7. The van der Waals surface area contributed by atoms with Crippen LogP contribution in [0, 0.1) is 0 Å². The average Bonchev–Trinajstić information content (AvgIpc) is 2.67. The summed E-state index contributed by atoms with van der Waals surface area (Å²) in [4.78, 5) is 20.0. The number of nitrogens with zero attached hydrogens (tertiary/aromatic N) is 3. The molecule has 8 nitrogen and oxygen atoms in total. The number of nitrogens with one attached hydrogen (secondary N) is 1. The lowest BCUT2D eigenvalue weighted by Crippen LogP contribution is -2.47. The molecule has 1 aliphatic rings. The number of benzene rings is 1. The van der Waals surface area contributed by atoms with E-state index in [0.29, 0.717) is 26.6 Å². The number of hydrogen-bond acceptors (Lipinski definition) is 7. The Bertz CT molecular complexity index is 989.